The molecule has 3 N–H and O–H groups in total. The Morgan fingerprint density at radius 3 is 2.60 bits per heavy atom. The van der Waals surface area contributed by atoms with Crippen LogP contribution in [0, 0.1) is 6.92 Å². The van der Waals surface area contributed by atoms with Gasteiger partial charge in [-0.2, -0.15) is 0 Å². The maximum atomic E-state index is 11.5. The minimum absolute atomic E-state index is 0.216. The zero-order chi connectivity index (χ0) is 15.1. The Kier molecular flexibility index (Phi) is 6.40. The van der Waals surface area contributed by atoms with Gasteiger partial charge in [-0.1, -0.05) is 0 Å². The van der Waals surface area contributed by atoms with Gasteiger partial charge in [0.2, 0.25) is 0 Å². The van der Waals surface area contributed by atoms with Crippen molar-refractivity contribution in [2.45, 2.75) is 19.9 Å². The van der Waals surface area contributed by atoms with E-state index in [2.05, 4.69) is 15.6 Å². The molecule has 1 aromatic heterocycles. The van der Waals surface area contributed by atoms with E-state index in [1.165, 1.54) is 0 Å². The maximum Gasteiger partial charge on any atom is 0.347 e. The number of aromatic nitrogens is 1. The van der Waals surface area contributed by atoms with Crippen molar-refractivity contribution in [2.75, 3.05) is 27.2 Å². The van der Waals surface area contributed by atoms with Gasteiger partial charge in [0.1, 0.15) is 9.88 Å². The molecule has 0 saturated heterocycles. The first-order valence-corrected chi connectivity index (χ1v) is 7.08. The van der Waals surface area contributed by atoms with E-state index in [1.807, 2.05) is 19.0 Å². The van der Waals surface area contributed by atoms with Crippen molar-refractivity contribution in [3.63, 3.8) is 0 Å². The summed E-state index contributed by atoms with van der Waals surface area (Å²) in [6.45, 7) is 3.39. The number of carboxylic acid groups (broad SMARTS) is 1. The molecule has 112 valence electrons. The van der Waals surface area contributed by atoms with E-state index in [0.717, 1.165) is 24.3 Å². The van der Waals surface area contributed by atoms with Crippen molar-refractivity contribution in [1.82, 2.24) is 20.5 Å². The fraction of sp³-hybridized carbons (Fsp3) is 0.583. The molecule has 0 saturated carbocycles. The number of hydrogen-bond donors (Lipinski definition) is 3. The van der Waals surface area contributed by atoms with Crippen LogP contribution >= 0.6 is 11.3 Å². The lowest BCUT2D eigenvalue weighted by molar-refractivity contribution is 0.0701. The van der Waals surface area contributed by atoms with Crippen molar-refractivity contribution < 1.29 is 14.7 Å². The monoisotopic (exact) mass is 300 g/mol. The summed E-state index contributed by atoms with van der Waals surface area (Å²) in [7, 11) is 3.95. The molecule has 1 rings (SSSR count). The average molecular weight is 300 g/mol. The first-order valence-electron chi connectivity index (χ1n) is 6.26. The third-order valence-corrected chi connectivity index (χ3v) is 3.65. The second kappa shape index (κ2) is 7.81. The normalized spacial score (nSPS) is 10.6. The molecule has 0 spiro atoms. The molecule has 0 bridgehead atoms. The van der Waals surface area contributed by atoms with Gasteiger partial charge >= 0.3 is 12.0 Å². The molecule has 1 heterocycles. The Morgan fingerprint density at radius 2 is 2.05 bits per heavy atom. The van der Waals surface area contributed by atoms with E-state index in [-0.39, 0.29) is 17.5 Å². The van der Waals surface area contributed by atoms with Gasteiger partial charge in [0.25, 0.3) is 0 Å². The van der Waals surface area contributed by atoms with Crippen LogP contribution in [0.15, 0.2) is 0 Å². The van der Waals surface area contributed by atoms with Crippen molar-refractivity contribution in [3.05, 3.63) is 15.6 Å². The highest BCUT2D eigenvalue weighted by atomic mass is 32.1. The lowest BCUT2D eigenvalue weighted by Gasteiger charge is -2.10. The van der Waals surface area contributed by atoms with Crippen molar-refractivity contribution in [3.8, 4) is 0 Å². The Morgan fingerprint density at radius 1 is 1.35 bits per heavy atom. The Labute approximate surface area is 122 Å². The van der Waals surface area contributed by atoms with E-state index >= 15 is 0 Å². The van der Waals surface area contributed by atoms with Crippen LogP contribution < -0.4 is 10.6 Å². The van der Waals surface area contributed by atoms with Crippen LogP contribution in [0.1, 0.15) is 26.8 Å². The fourth-order valence-electron chi connectivity index (χ4n) is 1.54. The van der Waals surface area contributed by atoms with E-state index in [4.69, 9.17) is 5.11 Å². The predicted molar refractivity (Wildman–Crippen MR) is 77.2 cm³/mol. The first kappa shape index (κ1) is 16.4. The van der Waals surface area contributed by atoms with Gasteiger partial charge in [0.05, 0.1) is 12.2 Å². The Bertz CT molecular complexity index is 473. The molecule has 2 amide bonds. The molecular formula is C12H20N4O3S. The van der Waals surface area contributed by atoms with Gasteiger partial charge in [-0.15, -0.1) is 11.3 Å². The summed E-state index contributed by atoms with van der Waals surface area (Å²) in [6.07, 6.45) is 0.875. The number of carboxylic acids is 1. The standard InChI is InChI=1S/C12H20N4O3S/c1-8-10(11(17)18)20-9(15-8)7-14-12(19)13-5-4-6-16(2)3/h4-7H2,1-3H3,(H,17,18)(H2,13,14,19). The van der Waals surface area contributed by atoms with Crippen LogP contribution in [-0.4, -0.2) is 54.2 Å². The zero-order valence-corrected chi connectivity index (χ0v) is 12.7. The van der Waals surface area contributed by atoms with Crippen LogP contribution in [0.3, 0.4) is 0 Å². The van der Waals surface area contributed by atoms with Crippen LogP contribution in [0.2, 0.25) is 0 Å². The maximum absolute atomic E-state index is 11.5. The molecule has 0 unspecified atom stereocenters. The molecule has 1 aromatic rings. The van der Waals surface area contributed by atoms with Crippen LogP contribution in [0.5, 0.6) is 0 Å². The SMILES string of the molecule is Cc1nc(CNC(=O)NCCCN(C)C)sc1C(=O)O. The lowest BCUT2D eigenvalue weighted by Crippen LogP contribution is -2.36. The third kappa shape index (κ3) is 5.54. The van der Waals surface area contributed by atoms with Gasteiger partial charge in [-0.25, -0.2) is 14.6 Å². The minimum atomic E-state index is -0.987. The summed E-state index contributed by atoms with van der Waals surface area (Å²) >= 11 is 1.08. The Balaban J connectivity index is 2.30. The largest absolute Gasteiger partial charge is 0.477 e. The van der Waals surface area contributed by atoms with Gasteiger partial charge in [-0.3, -0.25) is 0 Å². The minimum Gasteiger partial charge on any atom is -0.477 e. The van der Waals surface area contributed by atoms with Gasteiger partial charge in [0.15, 0.2) is 0 Å². The number of carbonyl (C=O) groups excluding carboxylic acids is 1. The number of rotatable bonds is 7. The summed E-state index contributed by atoms with van der Waals surface area (Å²) in [4.78, 5) is 28.8. The number of thiazole rings is 1. The van der Waals surface area contributed by atoms with Gasteiger partial charge in [0, 0.05) is 6.54 Å². The predicted octanol–water partition coefficient (Wildman–Crippen LogP) is 0.901. The molecule has 0 aromatic carbocycles. The number of nitrogens with one attached hydrogen (secondary N) is 2. The molecule has 0 fully saturated rings. The van der Waals surface area contributed by atoms with Gasteiger partial charge < -0.3 is 20.6 Å². The number of aromatic carboxylic acids is 1. The number of amides is 2. The van der Waals surface area contributed by atoms with E-state index in [1.54, 1.807) is 6.92 Å². The number of aryl methyl sites for hydroxylation is 1. The summed E-state index contributed by atoms with van der Waals surface area (Å²) in [6, 6.07) is -0.270. The van der Waals surface area contributed by atoms with Gasteiger partial charge in [-0.05, 0) is 34.0 Å². The quantitative estimate of drug-likeness (QED) is 0.650. The van der Waals surface area contributed by atoms with Crippen LogP contribution in [-0.2, 0) is 6.54 Å². The van der Waals surface area contributed by atoms with E-state index in [9.17, 15) is 9.59 Å². The average Bonchev–Trinajstić information content (AvgIpc) is 2.73. The number of carbonyl (C=O) groups is 2. The number of urea groups is 1. The van der Waals surface area contributed by atoms with Crippen molar-refractivity contribution in [2.24, 2.45) is 0 Å². The number of hydrogen-bond acceptors (Lipinski definition) is 5. The topological polar surface area (TPSA) is 94.6 Å². The summed E-state index contributed by atoms with van der Waals surface area (Å²) in [5, 5.41) is 14.9. The zero-order valence-electron chi connectivity index (χ0n) is 11.9. The van der Waals surface area contributed by atoms with Crippen molar-refractivity contribution >= 4 is 23.3 Å². The van der Waals surface area contributed by atoms with Crippen LogP contribution in [0.25, 0.3) is 0 Å². The molecule has 0 aliphatic carbocycles. The highest BCUT2D eigenvalue weighted by Crippen LogP contribution is 2.17. The fourth-order valence-corrected chi connectivity index (χ4v) is 2.39. The molecule has 0 radical (unpaired) electrons. The molecule has 0 atom stereocenters. The smallest absolute Gasteiger partial charge is 0.347 e. The lowest BCUT2D eigenvalue weighted by atomic mass is 10.4. The van der Waals surface area contributed by atoms with E-state index < -0.39 is 5.97 Å². The van der Waals surface area contributed by atoms with E-state index in [0.29, 0.717) is 17.2 Å². The first-order chi connectivity index (χ1) is 9.40. The second-order valence-corrected chi connectivity index (χ2v) is 5.68. The molecule has 20 heavy (non-hydrogen) atoms. The highest BCUT2D eigenvalue weighted by molar-refractivity contribution is 7.13. The summed E-state index contributed by atoms with van der Waals surface area (Å²) in [5.41, 5.74) is 0.477. The third-order valence-electron chi connectivity index (χ3n) is 2.50. The molecular weight excluding hydrogens is 280 g/mol. The molecule has 0 aliphatic heterocycles. The molecule has 7 nitrogen and oxygen atoms in total. The molecule has 8 heteroatoms. The molecule has 0 aliphatic rings. The summed E-state index contributed by atoms with van der Waals surface area (Å²) < 4.78 is 0. The number of nitrogens with zero attached hydrogens (tertiary/aromatic N) is 2. The highest BCUT2D eigenvalue weighted by Gasteiger charge is 2.14. The van der Waals surface area contributed by atoms with Crippen LogP contribution in [0.4, 0.5) is 4.79 Å². The Hall–Kier alpha value is -1.67. The van der Waals surface area contributed by atoms with Crippen molar-refractivity contribution in [1.29, 1.82) is 0 Å². The summed E-state index contributed by atoms with van der Waals surface area (Å²) in [5.74, 6) is -0.987. The second-order valence-electron chi connectivity index (χ2n) is 4.59.